The summed E-state index contributed by atoms with van der Waals surface area (Å²) in [6, 6.07) is 6.16. The van der Waals surface area contributed by atoms with Gasteiger partial charge >= 0.3 is 6.61 Å². The Morgan fingerprint density at radius 2 is 1.96 bits per heavy atom. The van der Waals surface area contributed by atoms with Crippen LogP contribution in [-0.4, -0.2) is 43.6 Å². The number of hydrogen-bond acceptors (Lipinski definition) is 3. The van der Waals surface area contributed by atoms with Gasteiger partial charge in [0.15, 0.2) is 0 Å². The fourth-order valence-corrected chi connectivity index (χ4v) is 2.85. The van der Waals surface area contributed by atoms with Crippen molar-refractivity contribution < 1.29 is 18.3 Å². The number of hydrogen-bond donors (Lipinski definition) is 1. The molecule has 0 spiro atoms. The number of halogens is 2. The predicted octanol–water partition coefficient (Wildman–Crippen LogP) is 3.07. The van der Waals surface area contributed by atoms with Crippen LogP contribution in [0, 0.1) is 5.92 Å². The number of carbonyl (C=O) groups is 1. The van der Waals surface area contributed by atoms with E-state index in [1.165, 1.54) is 25.0 Å². The summed E-state index contributed by atoms with van der Waals surface area (Å²) in [5.41, 5.74) is 0.777. The number of alkyl halides is 2. The van der Waals surface area contributed by atoms with Crippen LogP contribution >= 0.6 is 0 Å². The van der Waals surface area contributed by atoms with Crippen LogP contribution in [0.3, 0.4) is 0 Å². The number of likely N-dealkylation sites (tertiary alicyclic amines) is 1. The summed E-state index contributed by atoms with van der Waals surface area (Å²) < 4.78 is 28.4. The lowest BCUT2D eigenvalue weighted by Gasteiger charge is -2.30. The minimum atomic E-state index is -2.83. The van der Waals surface area contributed by atoms with E-state index in [9.17, 15) is 13.6 Å². The molecule has 0 aromatic heterocycles. The van der Waals surface area contributed by atoms with E-state index in [2.05, 4.69) is 21.9 Å². The van der Waals surface area contributed by atoms with Gasteiger partial charge in [0.05, 0.1) is 6.42 Å². The van der Waals surface area contributed by atoms with Gasteiger partial charge in [-0.2, -0.15) is 8.78 Å². The molecular weight excluding hydrogens is 314 g/mol. The number of ether oxygens (including phenoxy) is 1. The maximum atomic E-state index is 12.1. The van der Waals surface area contributed by atoms with E-state index in [-0.39, 0.29) is 18.1 Å². The van der Waals surface area contributed by atoms with E-state index in [1.54, 1.807) is 12.1 Å². The van der Waals surface area contributed by atoms with Crippen molar-refractivity contribution in [3.8, 4) is 5.75 Å². The van der Waals surface area contributed by atoms with Gasteiger partial charge in [-0.05, 0) is 62.5 Å². The molecule has 1 heterocycles. The van der Waals surface area contributed by atoms with Crippen molar-refractivity contribution in [2.45, 2.75) is 39.2 Å². The topological polar surface area (TPSA) is 41.6 Å². The van der Waals surface area contributed by atoms with Gasteiger partial charge < -0.3 is 15.0 Å². The number of rotatable bonds is 8. The average molecular weight is 340 g/mol. The maximum absolute atomic E-state index is 12.1. The summed E-state index contributed by atoms with van der Waals surface area (Å²) in [4.78, 5) is 14.3. The Bertz CT molecular complexity index is 500. The van der Waals surface area contributed by atoms with E-state index >= 15 is 0 Å². The summed E-state index contributed by atoms with van der Waals surface area (Å²) in [6.45, 7) is 3.46. The Kier molecular flexibility index (Phi) is 7.43. The predicted molar refractivity (Wildman–Crippen MR) is 89.2 cm³/mol. The van der Waals surface area contributed by atoms with Crippen LogP contribution in [0.1, 0.15) is 31.7 Å². The molecule has 1 aromatic carbocycles. The third kappa shape index (κ3) is 6.83. The van der Waals surface area contributed by atoms with Gasteiger partial charge in [0.1, 0.15) is 5.75 Å². The van der Waals surface area contributed by atoms with Crippen molar-refractivity contribution in [2.24, 2.45) is 5.92 Å². The standard InChI is InChI=1S/C18H26F2N2O2/c1-14-7-11-22(12-8-14)10-2-9-21-17(23)13-15-3-5-16(6-4-15)24-18(19)20/h3-6,14,18H,2,7-13H2,1H3,(H,21,23). The van der Waals surface area contributed by atoms with E-state index in [0.717, 1.165) is 37.5 Å². The van der Waals surface area contributed by atoms with E-state index in [0.29, 0.717) is 6.54 Å². The quantitative estimate of drug-likeness (QED) is 0.740. The molecule has 6 heteroatoms. The second kappa shape index (κ2) is 9.57. The molecule has 1 fully saturated rings. The Morgan fingerprint density at radius 3 is 2.58 bits per heavy atom. The molecular formula is C18H26F2N2O2. The van der Waals surface area contributed by atoms with Crippen molar-refractivity contribution in [3.05, 3.63) is 29.8 Å². The van der Waals surface area contributed by atoms with Crippen molar-refractivity contribution in [2.75, 3.05) is 26.2 Å². The molecule has 0 unspecified atom stereocenters. The molecule has 0 bridgehead atoms. The lowest BCUT2D eigenvalue weighted by Crippen LogP contribution is -2.35. The summed E-state index contributed by atoms with van der Waals surface area (Å²) in [5.74, 6) is 0.883. The minimum Gasteiger partial charge on any atom is -0.435 e. The van der Waals surface area contributed by atoms with Crippen LogP contribution in [0.2, 0.25) is 0 Å². The molecule has 134 valence electrons. The van der Waals surface area contributed by atoms with Crippen LogP contribution in [0.4, 0.5) is 8.78 Å². The first-order chi connectivity index (χ1) is 11.5. The summed E-state index contributed by atoms with van der Waals surface area (Å²) in [5, 5.41) is 2.91. The molecule has 0 atom stereocenters. The van der Waals surface area contributed by atoms with E-state index in [1.807, 2.05) is 0 Å². The number of amides is 1. The number of nitrogens with zero attached hydrogens (tertiary/aromatic N) is 1. The van der Waals surface area contributed by atoms with Crippen LogP contribution in [0.25, 0.3) is 0 Å². The number of benzene rings is 1. The number of nitrogens with one attached hydrogen (secondary N) is 1. The van der Waals surface area contributed by atoms with Gasteiger partial charge in [0.2, 0.25) is 5.91 Å². The van der Waals surface area contributed by atoms with Crippen LogP contribution < -0.4 is 10.1 Å². The van der Waals surface area contributed by atoms with Crippen molar-refractivity contribution in [1.82, 2.24) is 10.2 Å². The van der Waals surface area contributed by atoms with Crippen molar-refractivity contribution in [3.63, 3.8) is 0 Å². The molecule has 1 amide bonds. The molecule has 2 rings (SSSR count). The number of piperidine rings is 1. The Morgan fingerprint density at radius 1 is 1.29 bits per heavy atom. The molecule has 1 aliphatic rings. The first-order valence-corrected chi connectivity index (χ1v) is 8.55. The zero-order valence-corrected chi connectivity index (χ0v) is 14.1. The second-order valence-electron chi connectivity index (χ2n) is 6.43. The number of carbonyl (C=O) groups excluding carboxylic acids is 1. The molecule has 0 aliphatic carbocycles. The molecule has 1 saturated heterocycles. The van der Waals surface area contributed by atoms with Gasteiger partial charge in [-0.15, -0.1) is 0 Å². The second-order valence-corrected chi connectivity index (χ2v) is 6.43. The molecule has 4 nitrogen and oxygen atoms in total. The third-order valence-corrected chi connectivity index (χ3v) is 4.36. The van der Waals surface area contributed by atoms with Gasteiger partial charge in [-0.1, -0.05) is 19.1 Å². The highest BCUT2D eigenvalue weighted by molar-refractivity contribution is 5.78. The lowest BCUT2D eigenvalue weighted by molar-refractivity contribution is -0.120. The first kappa shape index (κ1) is 18.6. The van der Waals surface area contributed by atoms with Gasteiger partial charge in [-0.3, -0.25) is 4.79 Å². The summed E-state index contributed by atoms with van der Waals surface area (Å²) in [6.07, 6.45) is 3.72. The molecule has 1 N–H and O–H groups in total. The minimum absolute atomic E-state index is 0.0511. The average Bonchev–Trinajstić information content (AvgIpc) is 2.55. The highest BCUT2D eigenvalue weighted by Gasteiger charge is 2.14. The fourth-order valence-electron chi connectivity index (χ4n) is 2.85. The van der Waals surface area contributed by atoms with Crippen molar-refractivity contribution in [1.29, 1.82) is 0 Å². The molecule has 0 saturated carbocycles. The van der Waals surface area contributed by atoms with Crippen molar-refractivity contribution >= 4 is 5.91 Å². The largest absolute Gasteiger partial charge is 0.435 e. The van der Waals surface area contributed by atoms with Crippen LogP contribution in [-0.2, 0) is 11.2 Å². The molecule has 1 aromatic rings. The monoisotopic (exact) mass is 340 g/mol. The first-order valence-electron chi connectivity index (χ1n) is 8.55. The zero-order valence-electron chi connectivity index (χ0n) is 14.1. The highest BCUT2D eigenvalue weighted by atomic mass is 19.3. The Labute approximate surface area is 142 Å². The molecule has 24 heavy (non-hydrogen) atoms. The Hall–Kier alpha value is -1.69. The third-order valence-electron chi connectivity index (χ3n) is 4.36. The lowest BCUT2D eigenvalue weighted by atomic mass is 9.99. The Balaban J connectivity index is 1.61. The van der Waals surface area contributed by atoms with Gasteiger partial charge in [0, 0.05) is 6.54 Å². The highest BCUT2D eigenvalue weighted by Crippen LogP contribution is 2.16. The molecule has 1 aliphatic heterocycles. The van der Waals surface area contributed by atoms with E-state index < -0.39 is 6.61 Å². The van der Waals surface area contributed by atoms with Crippen LogP contribution in [0.5, 0.6) is 5.75 Å². The molecule has 0 radical (unpaired) electrons. The fraction of sp³-hybridized carbons (Fsp3) is 0.611. The maximum Gasteiger partial charge on any atom is 0.387 e. The summed E-state index contributed by atoms with van der Waals surface area (Å²) >= 11 is 0. The van der Waals surface area contributed by atoms with Gasteiger partial charge in [0.25, 0.3) is 0 Å². The smallest absolute Gasteiger partial charge is 0.387 e. The normalized spacial score (nSPS) is 16.3. The van der Waals surface area contributed by atoms with E-state index in [4.69, 9.17) is 0 Å². The SMILES string of the molecule is CC1CCN(CCCNC(=O)Cc2ccc(OC(F)F)cc2)CC1. The summed E-state index contributed by atoms with van der Waals surface area (Å²) in [7, 11) is 0. The van der Waals surface area contributed by atoms with Gasteiger partial charge in [-0.25, -0.2) is 0 Å². The zero-order chi connectivity index (χ0) is 17.4. The van der Waals surface area contributed by atoms with Crippen LogP contribution in [0.15, 0.2) is 24.3 Å².